The summed E-state index contributed by atoms with van der Waals surface area (Å²) in [5.74, 6) is 0.218. The molecule has 0 aliphatic heterocycles. The van der Waals surface area contributed by atoms with Crippen LogP contribution in [0.4, 0.5) is 20.7 Å². The molecule has 10 heteroatoms. The lowest BCUT2D eigenvalue weighted by molar-refractivity contribution is -0.126. The third-order valence-corrected chi connectivity index (χ3v) is 3.51. The summed E-state index contributed by atoms with van der Waals surface area (Å²) in [5.41, 5.74) is 13.2. The molecular weight excluding hydrogens is 367 g/mol. The van der Waals surface area contributed by atoms with Crippen LogP contribution in [0.25, 0.3) is 0 Å². The Morgan fingerprint density at radius 1 is 1.36 bits per heavy atom. The first-order valence-corrected chi connectivity index (χ1v) is 8.09. The summed E-state index contributed by atoms with van der Waals surface area (Å²) in [7, 11) is 2.86. The minimum absolute atomic E-state index is 0.265. The molecule has 150 valence electrons. The van der Waals surface area contributed by atoms with Gasteiger partial charge in [-0.3, -0.25) is 15.1 Å². The summed E-state index contributed by atoms with van der Waals surface area (Å²) in [5, 5.41) is 5.31. The van der Waals surface area contributed by atoms with E-state index in [1.165, 1.54) is 31.5 Å². The summed E-state index contributed by atoms with van der Waals surface area (Å²) in [6.07, 6.45) is 1.44. The molecule has 2 rings (SSSR count). The number of amides is 2. The van der Waals surface area contributed by atoms with Crippen molar-refractivity contribution in [3.63, 3.8) is 0 Å². The van der Waals surface area contributed by atoms with Crippen molar-refractivity contribution in [3.8, 4) is 0 Å². The molecule has 1 unspecified atom stereocenters. The number of rotatable bonds is 5. The van der Waals surface area contributed by atoms with Gasteiger partial charge in [0.25, 0.3) is 6.47 Å². The van der Waals surface area contributed by atoms with Crippen LogP contribution in [0.1, 0.15) is 24.1 Å². The average Bonchev–Trinajstić information content (AvgIpc) is 2.68. The van der Waals surface area contributed by atoms with Crippen molar-refractivity contribution in [2.45, 2.75) is 13.0 Å². The number of ether oxygens (including phenoxy) is 1. The van der Waals surface area contributed by atoms with Crippen LogP contribution in [0.5, 0.6) is 0 Å². The van der Waals surface area contributed by atoms with E-state index in [1.54, 1.807) is 26.1 Å². The number of aliphatic imine (C=N–C) groups is 1. The van der Waals surface area contributed by atoms with Crippen LogP contribution in [0.15, 0.2) is 41.5 Å². The molecule has 28 heavy (non-hydrogen) atoms. The van der Waals surface area contributed by atoms with Crippen molar-refractivity contribution < 1.29 is 18.7 Å². The van der Waals surface area contributed by atoms with Gasteiger partial charge in [0, 0.05) is 25.0 Å². The van der Waals surface area contributed by atoms with Crippen LogP contribution < -0.4 is 22.1 Å². The highest BCUT2D eigenvalue weighted by Gasteiger charge is 2.11. The van der Waals surface area contributed by atoms with Crippen LogP contribution in [0.3, 0.4) is 0 Å². The van der Waals surface area contributed by atoms with Crippen molar-refractivity contribution in [1.82, 2.24) is 10.3 Å². The maximum atomic E-state index is 12.9. The molecule has 0 spiro atoms. The van der Waals surface area contributed by atoms with Gasteiger partial charge >= 0.3 is 6.03 Å². The predicted molar refractivity (Wildman–Crippen MR) is 105 cm³/mol. The van der Waals surface area contributed by atoms with Crippen molar-refractivity contribution in [2.75, 3.05) is 25.2 Å². The molecule has 1 aromatic carbocycles. The number of benzene rings is 1. The third-order valence-electron chi connectivity index (χ3n) is 3.51. The SMILES string of the molecule is CN=C(N)c1cnc(NC(=O)NC(C)c2ccc(F)cc2)cc1N.COC=O. The van der Waals surface area contributed by atoms with E-state index in [0.717, 1.165) is 5.56 Å². The number of methoxy groups -OCH3 is 1. The van der Waals surface area contributed by atoms with Gasteiger partial charge in [-0.25, -0.2) is 14.2 Å². The minimum Gasteiger partial charge on any atom is -0.471 e. The maximum Gasteiger partial charge on any atom is 0.320 e. The molecule has 2 amide bonds. The fourth-order valence-corrected chi connectivity index (χ4v) is 2.06. The number of carbonyl (C=O) groups excluding carboxylic acids is 2. The van der Waals surface area contributed by atoms with Gasteiger partial charge in [-0.1, -0.05) is 12.1 Å². The van der Waals surface area contributed by atoms with Crippen LogP contribution in [0, 0.1) is 5.82 Å². The fourth-order valence-electron chi connectivity index (χ4n) is 2.06. The third kappa shape index (κ3) is 6.90. The Kier molecular flexibility index (Phi) is 8.87. The molecule has 1 heterocycles. The molecule has 0 saturated carbocycles. The number of halogens is 1. The van der Waals surface area contributed by atoms with Gasteiger partial charge in [-0.2, -0.15) is 0 Å². The molecule has 0 fully saturated rings. The molecule has 0 saturated heterocycles. The van der Waals surface area contributed by atoms with Crippen LogP contribution in [-0.2, 0) is 9.53 Å². The Labute approximate surface area is 162 Å². The zero-order valence-corrected chi connectivity index (χ0v) is 15.8. The van der Waals surface area contributed by atoms with Gasteiger partial charge < -0.3 is 21.5 Å². The van der Waals surface area contributed by atoms with Gasteiger partial charge in [0.05, 0.1) is 18.7 Å². The second-order valence-electron chi connectivity index (χ2n) is 5.47. The number of nitrogen functional groups attached to an aromatic ring is 1. The van der Waals surface area contributed by atoms with Crippen molar-refractivity contribution in [2.24, 2.45) is 10.7 Å². The number of nitrogens with one attached hydrogen (secondary N) is 2. The van der Waals surface area contributed by atoms with Crippen LogP contribution in [0.2, 0.25) is 0 Å². The number of urea groups is 1. The summed E-state index contributed by atoms with van der Waals surface area (Å²) in [6, 6.07) is 6.64. The van der Waals surface area contributed by atoms with Gasteiger partial charge in [0.15, 0.2) is 0 Å². The summed E-state index contributed by atoms with van der Waals surface area (Å²) in [4.78, 5) is 28.9. The first kappa shape index (κ1) is 22.4. The lowest BCUT2D eigenvalue weighted by Gasteiger charge is -2.15. The van der Waals surface area contributed by atoms with Gasteiger partial charge in [0.1, 0.15) is 17.5 Å². The fraction of sp³-hybridized carbons (Fsp3) is 0.222. The van der Waals surface area contributed by atoms with Crippen LogP contribution >= 0.6 is 0 Å². The Morgan fingerprint density at radius 2 is 1.96 bits per heavy atom. The Balaban J connectivity index is 0.000000892. The van der Waals surface area contributed by atoms with Gasteiger partial charge in [-0.15, -0.1) is 0 Å². The van der Waals surface area contributed by atoms with E-state index in [-0.39, 0.29) is 23.5 Å². The second-order valence-corrected chi connectivity index (χ2v) is 5.47. The topological polar surface area (TPSA) is 145 Å². The Bertz CT molecular complexity index is 827. The highest BCUT2D eigenvalue weighted by Crippen LogP contribution is 2.16. The number of hydrogen-bond donors (Lipinski definition) is 4. The average molecular weight is 390 g/mol. The number of carbonyl (C=O) groups is 2. The lowest BCUT2D eigenvalue weighted by atomic mass is 10.1. The highest BCUT2D eigenvalue weighted by molar-refractivity contribution is 6.02. The number of hydrogen-bond acceptors (Lipinski definition) is 6. The molecule has 2 aromatic rings. The van der Waals surface area contributed by atoms with E-state index in [2.05, 4.69) is 25.3 Å². The zero-order chi connectivity index (χ0) is 21.1. The number of nitrogens with two attached hydrogens (primary N) is 2. The molecule has 0 bridgehead atoms. The molecule has 0 radical (unpaired) electrons. The quantitative estimate of drug-likeness (QED) is 0.348. The van der Waals surface area contributed by atoms with Crippen molar-refractivity contribution in [3.05, 3.63) is 53.5 Å². The Hall–Kier alpha value is -3.69. The summed E-state index contributed by atoms with van der Waals surface area (Å²) in [6.45, 7) is 2.16. The van der Waals surface area contributed by atoms with E-state index in [1.807, 2.05) is 0 Å². The molecule has 0 aliphatic rings. The number of anilines is 2. The van der Waals surface area contributed by atoms with Crippen LogP contribution in [-0.4, -0.2) is 37.5 Å². The molecule has 9 nitrogen and oxygen atoms in total. The molecule has 1 aromatic heterocycles. The predicted octanol–water partition coefficient (Wildman–Crippen LogP) is 1.81. The number of pyridine rings is 1. The van der Waals surface area contributed by atoms with Crippen molar-refractivity contribution >= 4 is 29.8 Å². The number of aromatic nitrogens is 1. The molecule has 6 N–H and O–H groups in total. The highest BCUT2D eigenvalue weighted by atomic mass is 19.1. The first-order chi connectivity index (χ1) is 13.3. The van der Waals surface area contributed by atoms with E-state index in [4.69, 9.17) is 16.3 Å². The zero-order valence-electron chi connectivity index (χ0n) is 15.8. The van der Waals surface area contributed by atoms with E-state index in [0.29, 0.717) is 17.7 Å². The summed E-state index contributed by atoms with van der Waals surface area (Å²) >= 11 is 0. The molecular formula is C18H23FN6O3. The molecule has 0 aliphatic carbocycles. The Morgan fingerprint density at radius 3 is 2.46 bits per heavy atom. The normalized spacial score (nSPS) is 11.5. The van der Waals surface area contributed by atoms with Gasteiger partial charge in [0.2, 0.25) is 0 Å². The lowest BCUT2D eigenvalue weighted by Crippen LogP contribution is -2.31. The minimum atomic E-state index is -0.455. The number of nitrogens with zero attached hydrogens (tertiary/aromatic N) is 2. The smallest absolute Gasteiger partial charge is 0.320 e. The van der Waals surface area contributed by atoms with E-state index >= 15 is 0 Å². The molecule has 1 atom stereocenters. The standard InChI is InChI=1S/C16H19FN6O.C2H4O2/c1-9(10-3-5-11(17)6-4-10)22-16(24)23-14-7-13(18)12(8-21-14)15(19)20-2;1-4-2-3/h3-9H,1-2H3,(H2,19,20)(H4,18,21,22,23,24);2H,1H3. The monoisotopic (exact) mass is 390 g/mol. The maximum absolute atomic E-state index is 12.9. The number of amidine groups is 1. The first-order valence-electron chi connectivity index (χ1n) is 8.09. The summed E-state index contributed by atoms with van der Waals surface area (Å²) < 4.78 is 16.8. The van der Waals surface area contributed by atoms with E-state index < -0.39 is 6.03 Å². The largest absolute Gasteiger partial charge is 0.471 e. The second kappa shape index (κ2) is 11.1. The van der Waals surface area contributed by atoms with Gasteiger partial charge in [-0.05, 0) is 24.6 Å². The van der Waals surface area contributed by atoms with Crippen molar-refractivity contribution in [1.29, 1.82) is 0 Å². The van der Waals surface area contributed by atoms with E-state index in [9.17, 15) is 9.18 Å².